The van der Waals surface area contributed by atoms with Crippen molar-refractivity contribution in [2.24, 2.45) is 0 Å². The molecule has 2 N–H and O–H groups in total. The third-order valence-corrected chi connectivity index (χ3v) is 7.79. The molecule has 0 amide bonds. The zero-order valence-electron chi connectivity index (χ0n) is 26.8. The summed E-state index contributed by atoms with van der Waals surface area (Å²) in [5, 5.41) is 17.4. The molecule has 0 radical (unpaired) electrons. The van der Waals surface area contributed by atoms with Crippen LogP contribution in [0.15, 0.2) is 60.7 Å². The highest BCUT2D eigenvalue weighted by Gasteiger charge is 2.38. The van der Waals surface area contributed by atoms with E-state index in [-0.39, 0.29) is 17.8 Å². The molecule has 0 saturated heterocycles. The second-order valence-electron chi connectivity index (χ2n) is 11.3. The van der Waals surface area contributed by atoms with Gasteiger partial charge >= 0.3 is 12.4 Å². The van der Waals surface area contributed by atoms with Crippen molar-refractivity contribution in [1.29, 1.82) is 0 Å². The number of hydrogen-bond acceptors (Lipinski definition) is 6. The summed E-state index contributed by atoms with van der Waals surface area (Å²) >= 11 is 5.29. The number of thiocarbonyl (C=S) groups is 1. The molecule has 262 valence electrons. The number of pyridine rings is 1. The summed E-state index contributed by atoms with van der Waals surface area (Å²) in [5.74, 6) is 0.571. The summed E-state index contributed by atoms with van der Waals surface area (Å²) in [5.41, 5.74) is -1.19. The molecule has 1 heterocycles. The molecule has 4 rings (SSSR count). The summed E-state index contributed by atoms with van der Waals surface area (Å²) in [6.07, 6.45) is -4.23. The topological polar surface area (TPSA) is 92.6 Å². The van der Waals surface area contributed by atoms with E-state index in [1.807, 2.05) is 24.0 Å². The number of anilines is 2. The number of rotatable bonds is 10. The number of alkyl halides is 6. The fourth-order valence-corrected chi connectivity index (χ4v) is 5.43. The lowest BCUT2D eigenvalue weighted by Gasteiger charge is -2.30. The van der Waals surface area contributed by atoms with Gasteiger partial charge in [0, 0.05) is 48.3 Å². The first-order valence-corrected chi connectivity index (χ1v) is 16.0. The predicted molar refractivity (Wildman–Crippen MR) is 177 cm³/mol. The van der Waals surface area contributed by atoms with Crippen molar-refractivity contribution in [3.05, 3.63) is 87.6 Å². The van der Waals surface area contributed by atoms with Crippen molar-refractivity contribution in [3.8, 4) is 5.88 Å². The van der Waals surface area contributed by atoms with E-state index < -0.39 is 34.1 Å². The lowest BCUT2D eigenvalue weighted by molar-refractivity contribution is -0.388. The smallest absolute Gasteiger partial charge is 0.423 e. The molecule has 3 aromatic rings. The molecular weight excluding hydrogens is 660 g/mol. The maximum Gasteiger partial charge on any atom is 0.423 e. The number of ether oxygens (including phenoxy) is 1. The number of aromatic nitrogens is 1. The van der Waals surface area contributed by atoms with Gasteiger partial charge in [0.25, 0.3) is 5.69 Å². The van der Waals surface area contributed by atoms with Crippen molar-refractivity contribution in [1.82, 2.24) is 9.88 Å². The average Bonchev–Trinajstić information content (AvgIpc) is 3.01. The Kier molecular flexibility index (Phi) is 13.8. The summed E-state index contributed by atoms with van der Waals surface area (Å²) in [7, 11) is 0. The summed E-state index contributed by atoms with van der Waals surface area (Å²) < 4.78 is 82.5. The van der Waals surface area contributed by atoms with Gasteiger partial charge in [-0.05, 0) is 100 Å². The average molecular weight is 700 g/mol. The minimum absolute atomic E-state index is 0.00921. The molecule has 1 aliphatic rings. The highest BCUT2D eigenvalue weighted by Crippen LogP contribution is 2.38. The highest BCUT2D eigenvalue weighted by molar-refractivity contribution is 7.80. The monoisotopic (exact) mass is 699 g/mol. The van der Waals surface area contributed by atoms with Gasteiger partial charge in [-0.3, -0.25) is 10.1 Å². The molecular formula is C33H39F6N5O3S. The van der Waals surface area contributed by atoms with Crippen LogP contribution in [0.25, 0.3) is 0 Å². The molecule has 8 nitrogen and oxygen atoms in total. The second kappa shape index (κ2) is 17.3. The molecule has 0 bridgehead atoms. The summed E-state index contributed by atoms with van der Waals surface area (Å²) in [6, 6.07) is 13.4. The minimum atomic E-state index is -4.79. The van der Waals surface area contributed by atoms with E-state index in [9.17, 15) is 36.5 Å². The van der Waals surface area contributed by atoms with Gasteiger partial charge in [0.05, 0.1) is 10.5 Å². The fraction of sp³-hybridized carbons (Fsp3) is 0.455. The van der Waals surface area contributed by atoms with E-state index in [1.165, 1.54) is 18.2 Å². The maximum absolute atomic E-state index is 13.1. The highest BCUT2D eigenvalue weighted by atomic mass is 32.1. The van der Waals surface area contributed by atoms with Crippen molar-refractivity contribution in [2.45, 2.75) is 83.8 Å². The molecule has 1 saturated carbocycles. The number of benzene rings is 2. The van der Waals surface area contributed by atoms with Crippen molar-refractivity contribution in [2.75, 3.05) is 23.7 Å². The quantitative estimate of drug-likeness (QED) is 0.0936. The molecule has 1 aliphatic carbocycles. The first-order valence-electron chi connectivity index (χ1n) is 15.6. The van der Waals surface area contributed by atoms with Gasteiger partial charge in [-0.15, -0.1) is 0 Å². The van der Waals surface area contributed by atoms with Gasteiger partial charge in [0.15, 0.2) is 5.11 Å². The van der Waals surface area contributed by atoms with Crippen LogP contribution in [0.3, 0.4) is 0 Å². The van der Waals surface area contributed by atoms with Gasteiger partial charge < -0.3 is 20.3 Å². The number of nitrogens with one attached hydrogen (secondary N) is 2. The number of halogens is 6. The van der Waals surface area contributed by atoms with Gasteiger partial charge in [0.2, 0.25) is 5.88 Å². The van der Waals surface area contributed by atoms with Crippen molar-refractivity contribution in [3.63, 3.8) is 0 Å². The fourth-order valence-electron chi connectivity index (χ4n) is 5.13. The molecule has 1 aromatic heterocycles. The molecule has 0 aliphatic heterocycles. The van der Waals surface area contributed by atoms with Crippen LogP contribution < -0.4 is 15.4 Å². The molecule has 0 atom stereocenters. The number of aryl methyl sites for hydroxylation is 1. The predicted octanol–water partition coefficient (Wildman–Crippen LogP) is 9.64. The summed E-state index contributed by atoms with van der Waals surface area (Å²) in [6.45, 7) is 7.67. The van der Waals surface area contributed by atoms with Crippen LogP contribution in [0.1, 0.15) is 69.2 Å². The first kappa shape index (κ1) is 38.3. The van der Waals surface area contributed by atoms with E-state index in [2.05, 4.69) is 29.5 Å². The zero-order valence-corrected chi connectivity index (χ0v) is 27.6. The van der Waals surface area contributed by atoms with E-state index >= 15 is 0 Å². The summed E-state index contributed by atoms with van der Waals surface area (Å²) in [4.78, 5) is 16.2. The van der Waals surface area contributed by atoms with Gasteiger partial charge in [0.1, 0.15) is 11.7 Å². The van der Waals surface area contributed by atoms with Gasteiger partial charge in [-0.2, -0.15) is 26.3 Å². The van der Waals surface area contributed by atoms with Crippen LogP contribution in [0, 0.1) is 17.0 Å². The second-order valence-corrected chi connectivity index (χ2v) is 11.7. The molecule has 1 fully saturated rings. The Bertz CT molecular complexity index is 1490. The molecule has 0 spiro atoms. The first-order chi connectivity index (χ1) is 22.6. The third kappa shape index (κ3) is 11.8. The molecule has 15 heteroatoms. The molecule has 2 aromatic carbocycles. The normalized spacial score (nSPS) is 16.3. The Labute approximate surface area is 281 Å². The van der Waals surface area contributed by atoms with Crippen LogP contribution in [-0.2, 0) is 12.4 Å². The Balaban J connectivity index is 0.000000277. The van der Waals surface area contributed by atoms with Crippen molar-refractivity contribution >= 4 is 34.4 Å². The van der Waals surface area contributed by atoms with Crippen LogP contribution in [0.5, 0.6) is 5.88 Å². The maximum atomic E-state index is 13.1. The Morgan fingerprint density at radius 3 is 2.06 bits per heavy atom. The SMILES string of the molecule is CCCN(CCC)C(=S)Nc1ccc(C(F)(F)F)cc1.Cc1cccc(OC2CCC(Nc3ccc([N+](=O)[O-])c(C(F)(F)F)c3)CC2)n1. The van der Waals surface area contributed by atoms with Crippen LogP contribution in [-0.4, -0.2) is 45.2 Å². The molecule has 0 unspecified atom stereocenters. The Morgan fingerprint density at radius 1 is 0.938 bits per heavy atom. The number of nitro benzene ring substituents is 1. The van der Waals surface area contributed by atoms with E-state index in [0.717, 1.165) is 81.6 Å². The molecule has 48 heavy (non-hydrogen) atoms. The standard InChI is InChI=1S/C19H20F3N3O3.C14H19F3N2S/c1-12-3-2-4-18(23-12)28-15-8-5-13(6-9-15)24-14-7-10-17(25(26)27)16(11-14)19(20,21)22;1-3-9-19(10-4-2)13(20)18-12-7-5-11(6-8-12)14(15,16)17/h2-4,7,10-11,13,15,24H,5-6,8-9H2,1H3;5-8H,3-4,9-10H2,1-2H3,(H,18,20). The Morgan fingerprint density at radius 2 is 1.54 bits per heavy atom. The number of hydrogen-bond donors (Lipinski definition) is 2. The van der Waals surface area contributed by atoms with Crippen LogP contribution >= 0.6 is 12.2 Å². The van der Waals surface area contributed by atoms with Crippen molar-refractivity contribution < 1.29 is 36.0 Å². The van der Waals surface area contributed by atoms with Gasteiger partial charge in [-0.1, -0.05) is 19.9 Å². The van der Waals surface area contributed by atoms with E-state index in [0.29, 0.717) is 16.7 Å². The third-order valence-electron chi connectivity index (χ3n) is 7.43. The van der Waals surface area contributed by atoms with Crippen LogP contribution in [0.4, 0.5) is 43.4 Å². The lowest BCUT2D eigenvalue weighted by atomic mass is 9.92. The van der Waals surface area contributed by atoms with E-state index in [4.69, 9.17) is 17.0 Å². The van der Waals surface area contributed by atoms with Crippen LogP contribution in [0.2, 0.25) is 0 Å². The Hall–Kier alpha value is -4.14. The van der Waals surface area contributed by atoms with E-state index in [1.54, 1.807) is 6.07 Å². The minimum Gasteiger partial charge on any atom is -0.474 e. The lowest BCUT2D eigenvalue weighted by Crippen LogP contribution is -2.35. The largest absolute Gasteiger partial charge is 0.474 e. The number of nitrogens with zero attached hydrogens (tertiary/aromatic N) is 3. The van der Waals surface area contributed by atoms with Gasteiger partial charge in [-0.25, -0.2) is 4.98 Å². The number of nitro groups is 1. The zero-order chi connectivity index (χ0) is 35.5.